The second-order valence-corrected chi connectivity index (χ2v) is 9.01. The van der Waals surface area contributed by atoms with Crippen molar-refractivity contribution in [2.24, 2.45) is 0 Å². The standard InChI is InChI=1S/C22H21FN6O4S/c23-15-9-12(10-17-20(31)28-22(32)34-17)5-6-16(15)33-8-7-24-21-26-18-14(19(30)27-21)11-25-29(18)13-3-1-2-4-13/h5-6,9-11,13H,1-4,7-8H2,(H,28,31,32)(H2,24,26,27,30)/b17-10-. The number of thioether (sulfide) groups is 1. The minimum atomic E-state index is -0.600. The van der Waals surface area contributed by atoms with E-state index in [1.54, 1.807) is 12.3 Å². The van der Waals surface area contributed by atoms with E-state index in [1.807, 2.05) is 4.68 Å². The SMILES string of the molecule is O=C1NC(=O)/C(=C/c2ccc(OCCNc3nc4c(cnn4C4CCCC4)c(=O)[nH]3)c(F)c2)S1. The monoisotopic (exact) mass is 484 g/mol. The number of carbonyl (C=O) groups excluding carboxylic acids is 2. The molecule has 0 radical (unpaired) electrons. The van der Waals surface area contributed by atoms with Gasteiger partial charge in [-0.05, 0) is 48.4 Å². The number of benzene rings is 1. The molecule has 1 aromatic carbocycles. The molecule has 1 aliphatic heterocycles. The molecular formula is C22H21FN6O4S. The van der Waals surface area contributed by atoms with E-state index in [0.29, 0.717) is 22.5 Å². The summed E-state index contributed by atoms with van der Waals surface area (Å²) in [7, 11) is 0. The molecule has 34 heavy (non-hydrogen) atoms. The van der Waals surface area contributed by atoms with Crippen LogP contribution in [0.2, 0.25) is 0 Å². The lowest BCUT2D eigenvalue weighted by Gasteiger charge is -2.12. The number of fused-ring (bicyclic) bond motifs is 1. The van der Waals surface area contributed by atoms with Crippen LogP contribution in [0.15, 0.2) is 34.1 Å². The number of hydrogen-bond acceptors (Lipinski definition) is 8. The number of nitrogens with one attached hydrogen (secondary N) is 3. The number of imide groups is 1. The molecule has 0 unspecified atom stereocenters. The number of hydrogen-bond donors (Lipinski definition) is 3. The number of carbonyl (C=O) groups is 2. The molecule has 2 aliphatic rings. The number of nitrogens with zero attached hydrogens (tertiary/aromatic N) is 3. The summed E-state index contributed by atoms with van der Waals surface area (Å²) in [5, 5.41) is 9.51. The second kappa shape index (κ2) is 9.29. The Morgan fingerprint density at radius 1 is 1.26 bits per heavy atom. The van der Waals surface area contributed by atoms with Gasteiger partial charge in [0.25, 0.3) is 16.7 Å². The van der Waals surface area contributed by atoms with Gasteiger partial charge in [0, 0.05) is 0 Å². The predicted octanol–water partition coefficient (Wildman–Crippen LogP) is 3.19. The number of ether oxygens (including phenoxy) is 1. The van der Waals surface area contributed by atoms with Crippen LogP contribution in [-0.4, -0.2) is 44.0 Å². The molecule has 0 spiro atoms. The molecule has 0 atom stereocenters. The van der Waals surface area contributed by atoms with Crippen molar-refractivity contribution in [2.45, 2.75) is 31.7 Å². The van der Waals surface area contributed by atoms with Crippen LogP contribution < -0.4 is 20.9 Å². The maximum atomic E-state index is 14.4. The predicted molar refractivity (Wildman–Crippen MR) is 125 cm³/mol. The van der Waals surface area contributed by atoms with Crippen molar-refractivity contribution in [3.63, 3.8) is 0 Å². The smallest absolute Gasteiger partial charge is 0.290 e. The van der Waals surface area contributed by atoms with E-state index in [2.05, 4.69) is 25.7 Å². The highest BCUT2D eigenvalue weighted by Crippen LogP contribution is 2.30. The molecule has 5 rings (SSSR count). The normalized spacial score (nSPS) is 17.6. The number of amides is 2. The first-order valence-corrected chi connectivity index (χ1v) is 11.7. The summed E-state index contributed by atoms with van der Waals surface area (Å²) in [6.45, 7) is 0.393. The van der Waals surface area contributed by atoms with Gasteiger partial charge in [-0.3, -0.25) is 24.7 Å². The van der Waals surface area contributed by atoms with Crippen LogP contribution in [-0.2, 0) is 4.79 Å². The summed E-state index contributed by atoms with van der Waals surface area (Å²) >= 11 is 0.766. The van der Waals surface area contributed by atoms with Crippen LogP contribution in [0.4, 0.5) is 15.1 Å². The van der Waals surface area contributed by atoms with E-state index in [0.717, 1.165) is 37.4 Å². The van der Waals surface area contributed by atoms with Crippen molar-refractivity contribution in [1.29, 1.82) is 0 Å². The summed E-state index contributed by atoms with van der Waals surface area (Å²) in [6.07, 6.45) is 7.31. The highest BCUT2D eigenvalue weighted by molar-refractivity contribution is 8.18. The van der Waals surface area contributed by atoms with Gasteiger partial charge < -0.3 is 10.1 Å². The molecule has 10 nitrogen and oxygen atoms in total. The van der Waals surface area contributed by atoms with Gasteiger partial charge in [-0.25, -0.2) is 9.07 Å². The van der Waals surface area contributed by atoms with Crippen LogP contribution in [0, 0.1) is 5.82 Å². The number of halogens is 1. The maximum Gasteiger partial charge on any atom is 0.290 e. The van der Waals surface area contributed by atoms with Crippen LogP contribution in [0.1, 0.15) is 37.3 Å². The molecule has 1 saturated carbocycles. The van der Waals surface area contributed by atoms with E-state index in [-0.39, 0.29) is 35.4 Å². The molecule has 3 heterocycles. The van der Waals surface area contributed by atoms with Crippen molar-refractivity contribution < 1.29 is 18.7 Å². The van der Waals surface area contributed by atoms with Gasteiger partial charge in [0.2, 0.25) is 5.95 Å². The summed E-state index contributed by atoms with van der Waals surface area (Å²) < 4.78 is 21.7. The lowest BCUT2D eigenvalue weighted by atomic mass is 10.2. The van der Waals surface area contributed by atoms with E-state index >= 15 is 0 Å². The molecule has 12 heteroatoms. The Kier molecular flexibility index (Phi) is 6.05. The average molecular weight is 485 g/mol. The molecule has 1 aliphatic carbocycles. The number of aromatic amines is 1. The highest BCUT2D eigenvalue weighted by atomic mass is 32.2. The molecule has 3 aromatic rings. The van der Waals surface area contributed by atoms with E-state index < -0.39 is 17.0 Å². The van der Waals surface area contributed by atoms with Crippen LogP contribution in [0.3, 0.4) is 0 Å². The Bertz CT molecular complexity index is 1360. The first kappa shape index (κ1) is 22.1. The fourth-order valence-electron chi connectivity index (χ4n) is 4.06. The summed E-state index contributed by atoms with van der Waals surface area (Å²) in [5.41, 5.74) is 0.708. The number of H-pyrrole nitrogens is 1. The van der Waals surface area contributed by atoms with Gasteiger partial charge in [-0.2, -0.15) is 10.1 Å². The maximum absolute atomic E-state index is 14.4. The molecule has 176 valence electrons. The summed E-state index contributed by atoms with van der Waals surface area (Å²) in [5.74, 6) is -0.764. The largest absolute Gasteiger partial charge is 0.489 e. The Labute approximate surface area is 197 Å². The lowest BCUT2D eigenvalue weighted by Crippen LogP contribution is -2.18. The minimum absolute atomic E-state index is 0.0415. The summed E-state index contributed by atoms with van der Waals surface area (Å²) in [4.78, 5) is 42.7. The average Bonchev–Trinajstić information content (AvgIpc) is 3.53. The fraction of sp³-hybridized carbons (Fsp3) is 0.318. The quantitative estimate of drug-likeness (QED) is 0.344. The van der Waals surface area contributed by atoms with Gasteiger partial charge >= 0.3 is 0 Å². The first-order valence-electron chi connectivity index (χ1n) is 10.9. The van der Waals surface area contributed by atoms with Crippen LogP contribution >= 0.6 is 11.8 Å². The molecule has 3 N–H and O–H groups in total. The number of aromatic nitrogens is 4. The van der Waals surface area contributed by atoms with Crippen molar-refractivity contribution in [1.82, 2.24) is 25.1 Å². The van der Waals surface area contributed by atoms with Gasteiger partial charge in [-0.15, -0.1) is 0 Å². The van der Waals surface area contributed by atoms with Crippen molar-refractivity contribution in [2.75, 3.05) is 18.5 Å². The third-order valence-electron chi connectivity index (χ3n) is 5.68. The van der Waals surface area contributed by atoms with Gasteiger partial charge in [0.05, 0.1) is 23.7 Å². The van der Waals surface area contributed by atoms with Gasteiger partial charge in [0.1, 0.15) is 12.0 Å². The zero-order valence-electron chi connectivity index (χ0n) is 18.0. The molecular weight excluding hydrogens is 463 g/mol. The topological polar surface area (TPSA) is 131 Å². The Morgan fingerprint density at radius 3 is 2.82 bits per heavy atom. The number of rotatable bonds is 7. The van der Waals surface area contributed by atoms with Gasteiger partial charge in [-0.1, -0.05) is 18.9 Å². The number of anilines is 1. The second-order valence-electron chi connectivity index (χ2n) is 8.00. The lowest BCUT2D eigenvalue weighted by molar-refractivity contribution is -0.115. The van der Waals surface area contributed by atoms with Gasteiger partial charge in [0.15, 0.2) is 17.2 Å². The highest BCUT2D eigenvalue weighted by Gasteiger charge is 2.25. The van der Waals surface area contributed by atoms with Crippen molar-refractivity contribution in [3.05, 3.63) is 51.0 Å². The van der Waals surface area contributed by atoms with Crippen molar-refractivity contribution in [3.8, 4) is 5.75 Å². The molecule has 2 fully saturated rings. The third-order valence-corrected chi connectivity index (χ3v) is 6.49. The Hall–Kier alpha value is -3.67. The van der Waals surface area contributed by atoms with Crippen LogP contribution in [0.25, 0.3) is 17.1 Å². The van der Waals surface area contributed by atoms with Crippen molar-refractivity contribution >= 4 is 46.0 Å². The minimum Gasteiger partial charge on any atom is -0.489 e. The molecule has 2 amide bonds. The zero-order valence-corrected chi connectivity index (χ0v) is 18.8. The summed E-state index contributed by atoms with van der Waals surface area (Å²) in [6, 6.07) is 4.52. The van der Waals surface area contributed by atoms with E-state index in [4.69, 9.17) is 4.74 Å². The first-order chi connectivity index (χ1) is 16.5. The molecule has 2 aromatic heterocycles. The molecule has 0 bridgehead atoms. The van der Waals surface area contributed by atoms with E-state index in [1.165, 1.54) is 18.2 Å². The Balaban J connectivity index is 1.21. The fourth-order valence-corrected chi connectivity index (χ4v) is 4.74. The zero-order chi connectivity index (χ0) is 23.7. The Morgan fingerprint density at radius 2 is 2.09 bits per heavy atom. The van der Waals surface area contributed by atoms with E-state index in [9.17, 15) is 18.8 Å². The molecule has 1 saturated heterocycles. The van der Waals surface area contributed by atoms with Crippen LogP contribution in [0.5, 0.6) is 5.75 Å². The third kappa shape index (κ3) is 4.53.